The van der Waals surface area contributed by atoms with E-state index in [2.05, 4.69) is 15.3 Å². The molecule has 0 spiro atoms. The maximum Gasteiger partial charge on any atom is 0.226 e. The molecule has 1 aromatic heterocycles. The number of nitrogens with zero attached hydrogens (tertiary/aromatic N) is 3. The zero-order valence-electron chi connectivity index (χ0n) is 13.7. The number of nitrogens with one attached hydrogen (secondary N) is 1. The van der Waals surface area contributed by atoms with Gasteiger partial charge in [0.15, 0.2) is 0 Å². The Labute approximate surface area is 140 Å². The van der Waals surface area contributed by atoms with E-state index in [1.165, 1.54) is 12.1 Å². The van der Waals surface area contributed by atoms with Crippen LogP contribution in [0.1, 0.15) is 24.1 Å². The van der Waals surface area contributed by atoms with Crippen molar-refractivity contribution in [3.63, 3.8) is 0 Å². The van der Waals surface area contributed by atoms with E-state index in [9.17, 15) is 9.18 Å². The first-order valence-electron chi connectivity index (χ1n) is 8.17. The molecule has 1 saturated heterocycles. The molecule has 0 atom stereocenters. The van der Waals surface area contributed by atoms with Crippen LogP contribution in [0.25, 0.3) is 0 Å². The second-order valence-corrected chi connectivity index (χ2v) is 6.15. The van der Waals surface area contributed by atoms with Gasteiger partial charge in [-0.1, -0.05) is 12.1 Å². The molecule has 1 N–H and O–H groups in total. The van der Waals surface area contributed by atoms with Gasteiger partial charge in [-0.3, -0.25) is 4.79 Å². The average molecular weight is 328 g/mol. The van der Waals surface area contributed by atoms with Gasteiger partial charge in [-0.15, -0.1) is 0 Å². The third kappa shape index (κ3) is 4.28. The summed E-state index contributed by atoms with van der Waals surface area (Å²) in [5.74, 6) is 0.648. The summed E-state index contributed by atoms with van der Waals surface area (Å²) in [6, 6.07) is 8.35. The number of carbonyl (C=O) groups is 1. The van der Waals surface area contributed by atoms with Crippen LogP contribution in [0.2, 0.25) is 0 Å². The van der Waals surface area contributed by atoms with Crippen LogP contribution in [0.15, 0.2) is 36.7 Å². The van der Waals surface area contributed by atoms with Gasteiger partial charge in [0.25, 0.3) is 0 Å². The molecule has 0 radical (unpaired) electrons. The number of benzene rings is 1. The molecule has 126 valence electrons. The minimum Gasteiger partial charge on any atom is -0.367 e. The summed E-state index contributed by atoms with van der Waals surface area (Å²) in [5, 5.41) is 3.41. The zero-order chi connectivity index (χ0) is 16.9. The maximum atomic E-state index is 12.9. The molecule has 5 nitrogen and oxygen atoms in total. The first kappa shape index (κ1) is 16.4. The Kier molecular flexibility index (Phi) is 5.03. The number of hydrogen-bond acceptors (Lipinski definition) is 4. The highest BCUT2D eigenvalue weighted by Crippen LogP contribution is 2.16. The Bertz CT molecular complexity index is 696. The molecule has 1 amide bonds. The van der Waals surface area contributed by atoms with Crippen LogP contribution in [-0.4, -0.2) is 39.9 Å². The van der Waals surface area contributed by atoms with E-state index < -0.39 is 0 Å². The monoisotopic (exact) mass is 328 g/mol. The molecular weight excluding hydrogens is 307 g/mol. The fourth-order valence-electron chi connectivity index (χ4n) is 2.90. The number of piperidine rings is 1. The van der Waals surface area contributed by atoms with Crippen LogP contribution < -0.4 is 5.32 Å². The number of amides is 1. The van der Waals surface area contributed by atoms with Gasteiger partial charge in [-0.2, -0.15) is 0 Å². The van der Waals surface area contributed by atoms with Crippen LogP contribution in [0.5, 0.6) is 0 Å². The number of halogens is 1. The molecule has 0 unspecified atom stereocenters. The molecule has 0 saturated carbocycles. The summed E-state index contributed by atoms with van der Waals surface area (Å²) < 4.78 is 12.9. The zero-order valence-corrected chi connectivity index (χ0v) is 13.7. The normalized spacial score (nSPS) is 15.3. The molecule has 2 aromatic rings. The Morgan fingerprint density at radius 3 is 2.62 bits per heavy atom. The number of carbonyl (C=O) groups excluding carboxylic acids is 1. The summed E-state index contributed by atoms with van der Waals surface area (Å²) in [6.07, 6.45) is 3.65. The second-order valence-electron chi connectivity index (χ2n) is 6.15. The highest BCUT2D eigenvalue weighted by Gasteiger charge is 2.23. The lowest BCUT2D eigenvalue weighted by Gasteiger charge is -2.32. The van der Waals surface area contributed by atoms with E-state index in [-0.39, 0.29) is 11.7 Å². The summed E-state index contributed by atoms with van der Waals surface area (Å²) in [7, 11) is 0. The van der Waals surface area contributed by atoms with Gasteiger partial charge in [0.2, 0.25) is 5.91 Å². The lowest BCUT2D eigenvalue weighted by Crippen LogP contribution is -2.43. The third-order valence-corrected chi connectivity index (χ3v) is 4.27. The first-order valence-corrected chi connectivity index (χ1v) is 8.17. The van der Waals surface area contributed by atoms with Crippen LogP contribution in [0.4, 0.5) is 10.2 Å². The molecule has 1 aromatic carbocycles. The summed E-state index contributed by atoms with van der Waals surface area (Å²) >= 11 is 0. The first-order chi connectivity index (χ1) is 11.6. The van der Waals surface area contributed by atoms with Gasteiger partial charge >= 0.3 is 0 Å². The smallest absolute Gasteiger partial charge is 0.226 e. The largest absolute Gasteiger partial charge is 0.367 e. The van der Waals surface area contributed by atoms with Gasteiger partial charge in [0, 0.05) is 30.9 Å². The van der Waals surface area contributed by atoms with Gasteiger partial charge < -0.3 is 10.2 Å². The van der Waals surface area contributed by atoms with Crippen LogP contribution in [0, 0.1) is 12.7 Å². The standard InChI is InChI=1S/C18H21FN4O/c1-13-10-17(21-12-20-13)22-16-6-8-23(9-7-16)18(24)11-14-2-4-15(19)5-3-14/h2-5,10,12,16H,6-9,11H2,1H3,(H,20,21,22). The maximum absolute atomic E-state index is 12.9. The lowest BCUT2D eigenvalue weighted by atomic mass is 10.0. The average Bonchev–Trinajstić information content (AvgIpc) is 2.57. The topological polar surface area (TPSA) is 58.1 Å². The van der Waals surface area contributed by atoms with Gasteiger partial charge in [0.05, 0.1) is 6.42 Å². The molecule has 3 rings (SSSR count). The molecule has 24 heavy (non-hydrogen) atoms. The van der Waals surface area contributed by atoms with Crippen molar-refractivity contribution in [1.82, 2.24) is 14.9 Å². The number of anilines is 1. The van der Waals surface area contributed by atoms with E-state index in [1.807, 2.05) is 17.9 Å². The number of hydrogen-bond donors (Lipinski definition) is 1. The summed E-state index contributed by atoms with van der Waals surface area (Å²) in [5.41, 5.74) is 1.78. The second kappa shape index (κ2) is 7.38. The predicted octanol–water partition coefficient (Wildman–Crippen LogP) is 2.57. The lowest BCUT2D eigenvalue weighted by molar-refractivity contribution is -0.131. The Hall–Kier alpha value is -2.50. The van der Waals surface area contributed by atoms with Crippen molar-refractivity contribution in [3.8, 4) is 0 Å². The number of aromatic nitrogens is 2. The van der Waals surface area contributed by atoms with Crippen molar-refractivity contribution in [3.05, 3.63) is 53.7 Å². The van der Waals surface area contributed by atoms with Gasteiger partial charge in [0.1, 0.15) is 18.0 Å². The molecule has 0 aliphatic carbocycles. The molecule has 2 heterocycles. The number of aryl methyl sites for hydroxylation is 1. The minimum absolute atomic E-state index is 0.0953. The Balaban J connectivity index is 1.49. The number of rotatable bonds is 4. The van der Waals surface area contributed by atoms with E-state index in [1.54, 1.807) is 18.5 Å². The van der Waals surface area contributed by atoms with Crippen molar-refractivity contribution in [2.45, 2.75) is 32.2 Å². The highest BCUT2D eigenvalue weighted by atomic mass is 19.1. The Morgan fingerprint density at radius 1 is 1.25 bits per heavy atom. The third-order valence-electron chi connectivity index (χ3n) is 4.27. The van der Waals surface area contributed by atoms with Crippen LogP contribution >= 0.6 is 0 Å². The summed E-state index contributed by atoms with van der Waals surface area (Å²) in [4.78, 5) is 22.5. The van der Waals surface area contributed by atoms with E-state index >= 15 is 0 Å². The van der Waals surface area contributed by atoms with Crippen molar-refractivity contribution in [1.29, 1.82) is 0 Å². The quantitative estimate of drug-likeness (QED) is 0.937. The minimum atomic E-state index is -0.280. The molecule has 1 aliphatic heterocycles. The Morgan fingerprint density at radius 2 is 1.96 bits per heavy atom. The predicted molar refractivity (Wildman–Crippen MR) is 90.1 cm³/mol. The van der Waals surface area contributed by atoms with E-state index in [4.69, 9.17) is 0 Å². The fourth-order valence-corrected chi connectivity index (χ4v) is 2.90. The van der Waals surface area contributed by atoms with Crippen molar-refractivity contribution >= 4 is 11.7 Å². The highest BCUT2D eigenvalue weighted by molar-refractivity contribution is 5.78. The van der Waals surface area contributed by atoms with Crippen molar-refractivity contribution < 1.29 is 9.18 Å². The molecule has 1 fully saturated rings. The van der Waals surface area contributed by atoms with E-state index in [0.717, 1.165) is 43.0 Å². The van der Waals surface area contributed by atoms with Crippen molar-refractivity contribution in [2.24, 2.45) is 0 Å². The summed E-state index contributed by atoms with van der Waals surface area (Å²) in [6.45, 7) is 3.38. The molecule has 0 bridgehead atoms. The molecule has 6 heteroatoms. The molecular formula is C18H21FN4O. The van der Waals surface area contributed by atoms with Crippen LogP contribution in [-0.2, 0) is 11.2 Å². The van der Waals surface area contributed by atoms with Gasteiger partial charge in [-0.05, 0) is 37.5 Å². The molecule has 1 aliphatic rings. The van der Waals surface area contributed by atoms with Crippen molar-refractivity contribution in [2.75, 3.05) is 18.4 Å². The van der Waals surface area contributed by atoms with Gasteiger partial charge in [-0.25, -0.2) is 14.4 Å². The van der Waals surface area contributed by atoms with E-state index in [0.29, 0.717) is 12.5 Å². The fraction of sp³-hybridized carbons (Fsp3) is 0.389. The SMILES string of the molecule is Cc1cc(NC2CCN(C(=O)Cc3ccc(F)cc3)CC2)ncn1. The number of likely N-dealkylation sites (tertiary alicyclic amines) is 1. The van der Waals surface area contributed by atoms with Crippen LogP contribution in [0.3, 0.4) is 0 Å².